The smallest absolute Gasteiger partial charge is 0.358 e. The van der Waals surface area contributed by atoms with E-state index in [2.05, 4.69) is 14.7 Å². The van der Waals surface area contributed by atoms with Gasteiger partial charge in [-0.25, -0.2) is 14.2 Å². The summed E-state index contributed by atoms with van der Waals surface area (Å²) < 4.78 is 23.2. The summed E-state index contributed by atoms with van der Waals surface area (Å²) in [6.07, 6.45) is 2.61. The first kappa shape index (κ1) is 12.9. The van der Waals surface area contributed by atoms with Crippen molar-refractivity contribution < 1.29 is 18.7 Å². The molecule has 0 aliphatic heterocycles. The maximum absolute atomic E-state index is 13.4. The Labute approximate surface area is 109 Å². The van der Waals surface area contributed by atoms with Crippen LogP contribution in [0.5, 0.6) is 5.88 Å². The fourth-order valence-corrected chi connectivity index (χ4v) is 1.39. The van der Waals surface area contributed by atoms with E-state index in [0.717, 1.165) is 0 Å². The van der Waals surface area contributed by atoms with Gasteiger partial charge >= 0.3 is 5.97 Å². The van der Waals surface area contributed by atoms with Crippen LogP contribution in [-0.2, 0) is 11.3 Å². The average molecular weight is 262 g/mol. The second kappa shape index (κ2) is 5.90. The number of nitrogens with zero attached hydrogens (tertiary/aromatic N) is 2. The van der Waals surface area contributed by atoms with Gasteiger partial charge in [0.05, 0.1) is 19.5 Å². The number of benzene rings is 1. The number of hydrogen-bond acceptors (Lipinski definition) is 5. The normalized spacial score (nSPS) is 10.0. The van der Waals surface area contributed by atoms with E-state index in [-0.39, 0.29) is 24.0 Å². The van der Waals surface area contributed by atoms with Crippen LogP contribution in [-0.4, -0.2) is 23.0 Å². The number of rotatable bonds is 4. The largest absolute Gasteiger partial charge is 0.472 e. The van der Waals surface area contributed by atoms with Crippen LogP contribution in [0.15, 0.2) is 36.7 Å². The highest BCUT2D eigenvalue weighted by molar-refractivity contribution is 5.86. The molecule has 1 heterocycles. The van der Waals surface area contributed by atoms with Gasteiger partial charge in [-0.15, -0.1) is 0 Å². The zero-order valence-corrected chi connectivity index (χ0v) is 10.2. The molecule has 5 nitrogen and oxygen atoms in total. The molecule has 0 aliphatic carbocycles. The highest BCUT2D eigenvalue weighted by Gasteiger charge is 2.09. The molecule has 2 rings (SSSR count). The number of aromatic nitrogens is 2. The molecule has 0 N–H and O–H groups in total. The molecule has 0 amide bonds. The Bertz CT molecular complexity index is 590. The summed E-state index contributed by atoms with van der Waals surface area (Å²) >= 11 is 0. The van der Waals surface area contributed by atoms with Gasteiger partial charge in [-0.05, 0) is 6.07 Å². The van der Waals surface area contributed by atoms with E-state index < -0.39 is 5.97 Å². The first-order valence-corrected chi connectivity index (χ1v) is 5.47. The van der Waals surface area contributed by atoms with Gasteiger partial charge in [-0.3, -0.25) is 4.98 Å². The first-order chi connectivity index (χ1) is 9.20. The molecule has 0 spiro atoms. The third kappa shape index (κ3) is 3.25. The molecule has 98 valence electrons. The second-order valence-corrected chi connectivity index (χ2v) is 3.61. The maximum atomic E-state index is 13.4. The van der Waals surface area contributed by atoms with Crippen molar-refractivity contribution in [3.8, 4) is 5.88 Å². The Hall–Kier alpha value is -2.50. The van der Waals surface area contributed by atoms with Gasteiger partial charge in [0.1, 0.15) is 12.4 Å². The molecule has 0 aliphatic rings. The fourth-order valence-electron chi connectivity index (χ4n) is 1.39. The van der Waals surface area contributed by atoms with E-state index in [1.807, 2.05) is 0 Å². The Balaban J connectivity index is 2.08. The molecule has 2 aromatic rings. The first-order valence-electron chi connectivity index (χ1n) is 5.47. The van der Waals surface area contributed by atoms with Crippen LogP contribution in [0.3, 0.4) is 0 Å². The zero-order valence-electron chi connectivity index (χ0n) is 10.2. The van der Waals surface area contributed by atoms with Crippen LogP contribution in [0.4, 0.5) is 4.39 Å². The molecule has 0 atom stereocenters. The minimum atomic E-state index is -0.608. The van der Waals surface area contributed by atoms with Crippen LogP contribution in [0, 0.1) is 5.82 Å². The number of hydrogen-bond donors (Lipinski definition) is 0. The molecule has 1 aromatic carbocycles. The molecule has 6 heteroatoms. The lowest BCUT2D eigenvalue weighted by atomic mass is 10.2. The number of halogens is 1. The molecule has 0 unspecified atom stereocenters. The molecule has 19 heavy (non-hydrogen) atoms. The van der Waals surface area contributed by atoms with E-state index in [0.29, 0.717) is 5.56 Å². The molecule has 1 aromatic heterocycles. The lowest BCUT2D eigenvalue weighted by Crippen LogP contribution is -2.07. The average Bonchev–Trinajstić information content (AvgIpc) is 2.46. The van der Waals surface area contributed by atoms with Gasteiger partial charge in [0, 0.05) is 5.56 Å². The van der Waals surface area contributed by atoms with Crippen LogP contribution < -0.4 is 4.74 Å². The van der Waals surface area contributed by atoms with E-state index >= 15 is 0 Å². The van der Waals surface area contributed by atoms with Crippen LogP contribution in [0.25, 0.3) is 0 Å². The van der Waals surface area contributed by atoms with Gasteiger partial charge in [0.25, 0.3) is 0 Å². The van der Waals surface area contributed by atoms with Crippen molar-refractivity contribution in [3.63, 3.8) is 0 Å². The molecule has 0 bridgehead atoms. The number of carbonyl (C=O) groups excluding carboxylic acids is 1. The number of esters is 1. The summed E-state index contributed by atoms with van der Waals surface area (Å²) in [5.74, 6) is -0.838. The van der Waals surface area contributed by atoms with E-state index in [9.17, 15) is 9.18 Å². The van der Waals surface area contributed by atoms with Crippen molar-refractivity contribution in [2.45, 2.75) is 6.61 Å². The highest BCUT2D eigenvalue weighted by Crippen LogP contribution is 2.11. The van der Waals surface area contributed by atoms with E-state index in [1.165, 1.54) is 25.6 Å². The number of ether oxygens (including phenoxy) is 2. The predicted molar refractivity (Wildman–Crippen MR) is 64.1 cm³/mol. The Morgan fingerprint density at radius 2 is 2.11 bits per heavy atom. The van der Waals surface area contributed by atoms with Crippen molar-refractivity contribution >= 4 is 5.97 Å². The number of carbonyl (C=O) groups is 1. The fraction of sp³-hybridized carbons (Fsp3) is 0.154. The summed E-state index contributed by atoms with van der Waals surface area (Å²) in [6.45, 7) is 0.00593. The van der Waals surface area contributed by atoms with Gasteiger partial charge in [-0.2, -0.15) is 0 Å². The molecule has 0 fully saturated rings. The lowest BCUT2D eigenvalue weighted by molar-refractivity contribution is 0.0592. The Morgan fingerprint density at radius 3 is 2.84 bits per heavy atom. The number of methoxy groups -OCH3 is 1. The van der Waals surface area contributed by atoms with Crippen molar-refractivity contribution in [2.24, 2.45) is 0 Å². The lowest BCUT2D eigenvalue weighted by Gasteiger charge is -2.06. The third-order valence-corrected chi connectivity index (χ3v) is 2.34. The molecule has 0 saturated heterocycles. The van der Waals surface area contributed by atoms with Crippen molar-refractivity contribution in [2.75, 3.05) is 7.11 Å². The van der Waals surface area contributed by atoms with Crippen molar-refractivity contribution in [1.82, 2.24) is 9.97 Å². The predicted octanol–water partition coefficient (Wildman–Crippen LogP) is 1.98. The summed E-state index contributed by atoms with van der Waals surface area (Å²) in [7, 11) is 1.25. The maximum Gasteiger partial charge on any atom is 0.358 e. The quantitative estimate of drug-likeness (QED) is 0.788. The van der Waals surface area contributed by atoms with Crippen molar-refractivity contribution in [1.29, 1.82) is 0 Å². The highest BCUT2D eigenvalue weighted by atomic mass is 19.1. The molecular formula is C13H11FN2O3. The Morgan fingerprint density at radius 1 is 1.32 bits per heavy atom. The topological polar surface area (TPSA) is 61.3 Å². The van der Waals surface area contributed by atoms with E-state index in [1.54, 1.807) is 18.2 Å². The summed E-state index contributed by atoms with van der Waals surface area (Å²) in [6, 6.07) is 6.25. The summed E-state index contributed by atoms with van der Waals surface area (Å²) in [5.41, 5.74) is 0.432. The molecule has 0 saturated carbocycles. The van der Waals surface area contributed by atoms with Crippen LogP contribution in [0.2, 0.25) is 0 Å². The van der Waals surface area contributed by atoms with Gasteiger partial charge in [0.2, 0.25) is 5.88 Å². The zero-order chi connectivity index (χ0) is 13.7. The SMILES string of the molecule is COC(=O)c1cncc(OCc2ccccc2F)n1. The minimum Gasteiger partial charge on any atom is -0.472 e. The van der Waals surface area contributed by atoms with Crippen LogP contribution >= 0.6 is 0 Å². The monoisotopic (exact) mass is 262 g/mol. The van der Waals surface area contributed by atoms with Gasteiger partial charge in [0.15, 0.2) is 5.69 Å². The standard InChI is InChI=1S/C13H11FN2O3/c1-18-13(17)11-6-15-7-12(16-11)19-8-9-4-2-3-5-10(9)14/h2-7H,8H2,1H3. The van der Waals surface area contributed by atoms with Crippen LogP contribution in [0.1, 0.15) is 16.1 Å². The second-order valence-electron chi connectivity index (χ2n) is 3.61. The minimum absolute atomic E-state index is 0.00593. The van der Waals surface area contributed by atoms with E-state index in [4.69, 9.17) is 4.74 Å². The summed E-state index contributed by atoms with van der Waals surface area (Å²) in [4.78, 5) is 19.0. The van der Waals surface area contributed by atoms with Crippen molar-refractivity contribution in [3.05, 3.63) is 53.7 Å². The van der Waals surface area contributed by atoms with Gasteiger partial charge < -0.3 is 9.47 Å². The van der Waals surface area contributed by atoms with Gasteiger partial charge in [-0.1, -0.05) is 18.2 Å². The molecule has 0 radical (unpaired) electrons. The summed E-state index contributed by atoms with van der Waals surface area (Å²) in [5, 5.41) is 0. The molecular weight excluding hydrogens is 251 g/mol. The Kier molecular flexibility index (Phi) is 4.02. The third-order valence-electron chi connectivity index (χ3n) is 2.34.